The summed E-state index contributed by atoms with van der Waals surface area (Å²) in [6.45, 7) is 1.35. The Morgan fingerprint density at radius 3 is 2.61 bits per heavy atom. The van der Waals surface area contributed by atoms with Gasteiger partial charge in [0.25, 0.3) is 0 Å². The van der Waals surface area contributed by atoms with Crippen LogP contribution >= 0.6 is 0 Å². The summed E-state index contributed by atoms with van der Waals surface area (Å²) in [6.07, 6.45) is 0. The van der Waals surface area contributed by atoms with Crippen LogP contribution in [0.2, 0.25) is 0 Å². The van der Waals surface area contributed by atoms with Crippen LogP contribution < -0.4 is 5.32 Å². The number of halogens is 2. The van der Waals surface area contributed by atoms with Gasteiger partial charge >= 0.3 is 11.7 Å². The van der Waals surface area contributed by atoms with E-state index >= 15 is 0 Å². The summed E-state index contributed by atoms with van der Waals surface area (Å²) >= 11 is 0. The van der Waals surface area contributed by atoms with Gasteiger partial charge in [0.15, 0.2) is 0 Å². The molecule has 0 saturated heterocycles. The zero-order valence-corrected chi connectivity index (χ0v) is 9.57. The van der Waals surface area contributed by atoms with Crippen LogP contribution in [0.15, 0.2) is 12.1 Å². The number of hydrogen-bond donors (Lipinski definition) is 1. The van der Waals surface area contributed by atoms with Crippen molar-refractivity contribution in [2.24, 2.45) is 0 Å². The molecule has 1 aromatic rings. The van der Waals surface area contributed by atoms with Gasteiger partial charge < -0.3 is 10.1 Å². The van der Waals surface area contributed by atoms with Crippen molar-refractivity contribution in [1.82, 2.24) is 0 Å². The molecule has 0 saturated carbocycles. The SMILES string of the molecule is COC(=O)C(C)Nc1cc(F)cc(F)c1[N+](=O)[O-]. The van der Waals surface area contributed by atoms with E-state index in [4.69, 9.17) is 0 Å². The maximum absolute atomic E-state index is 13.3. The normalized spacial score (nSPS) is 11.8. The number of nitro benzene ring substituents is 1. The van der Waals surface area contributed by atoms with Gasteiger partial charge in [-0.05, 0) is 6.92 Å². The first-order valence-corrected chi connectivity index (χ1v) is 4.84. The third-order valence-corrected chi connectivity index (χ3v) is 2.14. The van der Waals surface area contributed by atoms with Crippen molar-refractivity contribution >= 4 is 17.3 Å². The van der Waals surface area contributed by atoms with Crippen molar-refractivity contribution in [3.8, 4) is 0 Å². The van der Waals surface area contributed by atoms with Crippen LogP contribution in [-0.2, 0) is 9.53 Å². The van der Waals surface area contributed by atoms with Crippen molar-refractivity contribution in [2.45, 2.75) is 13.0 Å². The molecule has 0 fully saturated rings. The molecule has 0 aliphatic rings. The molecular formula is C10H10F2N2O4. The molecule has 0 heterocycles. The Bertz CT molecular complexity index is 493. The fourth-order valence-electron chi connectivity index (χ4n) is 1.33. The minimum Gasteiger partial charge on any atom is -0.467 e. The maximum Gasteiger partial charge on any atom is 0.327 e. The molecule has 0 bridgehead atoms. The molecule has 1 rings (SSSR count). The number of hydrogen-bond acceptors (Lipinski definition) is 5. The number of anilines is 1. The number of carbonyl (C=O) groups excluding carboxylic acids is 1. The van der Waals surface area contributed by atoms with Gasteiger partial charge in [0, 0.05) is 12.1 Å². The number of esters is 1. The number of nitrogens with one attached hydrogen (secondary N) is 1. The monoisotopic (exact) mass is 260 g/mol. The molecule has 98 valence electrons. The van der Waals surface area contributed by atoms with Gasteiger partial charge in [-0.2, -0.15) is 4.39 Å². The highest BCUT2D eigenvalue weighted by molar-refractivity contribution is 5.80. The Kier molecular flexibility index (Phi) is 4.13. The van der Waals surface area contributed by atoms with Gasteiger partial charge in [-0.3, -0.25) is 10.1 Å². The van der Waals surface area contributed by atoms with E-state index in [1.54, 1.807) is 0 Å². The van der Waals surface area contributed by atoms with E-state index in [-0.39, 0.29) is 0 Å². The van der Waals surface area contributed by atoms with Crippen LogP contribution in [0.1, 0.15) is 6.92 Å². The summed E-state index contributed by atoms with van der Waals surface area (Å²) in [5, 5.41) is 13.0. The molecule has 1 unspecified atom stereocenters. The molecule has 1 aromatic carbocycles. The Balaban J connectivity index is 3.15. The van der Waals surface area contributed by atoms with Crippen molar-refractivity contribution in [1.29, 1.82) is 0 Å². The highest BCUT2D eigenvalue weighted by atomic mass is 19.1. The first-order chi connectivity index (χ1) is 8.36. The van der Waals surface area contributed by atoms with Gasteiger partial charge in [-0.25, -0.2) is 9.18 Å². The molecule has 0 aromatic heterocycles. The molecule has 0 aliphatic carbocycles. The van der Waals surface area contributed by atoms with E-state index in [0.717, 1.165) is 13.2 Å². The summed E-state index contributed by atoms with van der Waals surface area (Å²) in [5.41, 5.74) is -1.34. The van der Waals surface area contributed by atoms with E-state index in [1.165, 1.54) is 6.92 Å². The lowest BCUT2D eigenvalue weighted by atomic mass is 10.2. The summed E-state index contributed by atoms with van der Waals surface area (Å²) in [5.74, 6) is -3.02. The highest BCUT2D eigenvalue weighted by Crippen LogP contribution is 2.29. The van der Waals surface area contributed by atoms with Gasteiger partial charge in [0.2, 0.25) is 5.82 Å². The number of rotatable bonds is 4. The van der Waals surface area contributed by atoms with Crippen LogP contribution in [0.25, 0.3) is 0 Å². The Morgan fingerprint density at radius 2 is 2.11 bits per heavy atom. The Hall–Kier alpha value is -2.25. The number of nitrogens with zero attached hydrogens (tertiary/aromatic N) is 1. The molecule has 8 heteroatoms. The largest absolute Gasteiger partial charge is 0.467 e. The smallest absolute Gasteiger partial charge is 0.327 e. The second kappa shape index (κ2) is 5.39. The highest BCUT2D eigenvalue weighted by Gasteiger charge is 2.24. The van der Waals surface area contributed by atoms with E-state index in [9.17, 15) is 23.7 Å². The number of ether oxygens (including phenoxy) is 1. The summed E-state index contributed by atoms with van der Waals surface area (Å²) in [4.78, 5) is 20.8. The van der Waals surface area contributed by atoms with Crippen LogP contribution in [0.3, 0.4) is 0 Å². The quantitative estimate of drug-likeness (QED) is 0.507. The second-order valence-corrected chi connectivity index (χ2v) is 3.43. The molecule has 1 N–H and O–H groups in total. The Morgan fingerprint density at radius 1 is 1.50 bits per heavy atom. The van der Waals surface area contributed by atoms with Gasteiger partial charge in [-0.15, -0.1) is 0 Å². The predicted molar refractivity (Wildman–Crippen MR) is 58.1 cm³/mol. The van der Waals surface area contributed by atoms with Crippen LogP contribution in [0.5, 0.6) is 0 Å². The Labute approximate surface area is 101 Å². The van der Waals surface area contributed by atoms with E-state index < -0.39 is 39.9 Å². The maximum atomic E-state index is 13.3. The average Bonchev–Trinajstić information content (AvgIpc) is 2.26. The molecule has 6 nitrogen and oxygen atoms in total. The van der Waals surface area contributed by atoms with E-state index in [2.05, 4.69) is 10.1 Å². The fourth-order valence-corrected chi connectivity index (χ4v) is 1.33. The third kappa shape index (κ3) is 2.90. The van der Waals surface area contributed by atoms with Gasteiger partial charge in [-0.1, -0.05) is 0 Å². The molecule has 0 spiro atoms. The first kappa shape index (κ1) is 13.8. The lowest BCUT2D eigenvalue weighted by molar-refractivity contribution is -0.386. The lowest BCUT2D eigenvalue weighted by Gasteiger charge is -2.13. The van der Waals surface area contributed by atoms with Crippen LogP contribution in [-0.4, -0.2) is 24.0 Å². The lowest BCUT2D eigenvalue weighted by Crippen LogP contribution is -2.27. The van der Waals surface area contributed by atoms with E-state index in [0.29, 0.717) is 6.07 Å². The van der Waals surface area contributed by atoms with Crippen molar-refractivity contribution in [3.05, 3.63) is 33.9 Å². The molecule has 1 atom stereocenters. The average molecular weight is 260 g/mol. The predicted octanol–water partition coefficient (Wildman–Crippen LogP) is 1.85. The van der Waals surface area contributed by atoms with Crippen molar-refractivity contribution in [2.75, 3.05) is 12.4 Å². The zero-order valence-electron chi connectivity index (χ0n) is 9.57. The topological polar surface area (TPSA) is 81.5 Å². The third-order valence-electron chi connectivity index (χ3n) is 2.14. The summed E-state index contributed by atoms with van der Waals surface area (Å²) in [6, 6.07) is 0.155. The molecule has 18 heavy (non-hydrogen) atoms. The van der Waals surface area contributed by atoms with Crippen molar-refractivity contribution in [3.63, 3.8) is 0 Å². The van der Waals surface area contributed by atoms with Gasteiger partial charge in [0.1, 0.15) is 17.5 Å². The standard InChI is InChI=1S/C10H10F2N2O4/c1-5(10(15)18-2)13-8-4-6(11)3-7(12)9(8)14(16)17/h3-5,13H,1-2H3. The van der Waals surface area contributed by atoms with Crippen LogP contribution in [0, 0.1) is 21.7 Å². The van der Waals surface area contributed by atoms with Crippen LogP contribution in [0.4, 0.5) is 20.2 Å². The number of benzene rings is 1. The molecule has 0 aliphatic heterocycles. The van der Waals surface area contributed by atoms with Crippen molar-refractivity contribution < 1.29 is 23.2 Å². The fraction of sp³-hybridized carbons (Fsp3) is 0.300. The zero-order chi connectivity index (χ0) is 13.9. The summed E-state index contributed by atoms with van der Waals surface area (Å²) < 4.78 is 30.6. The molecule has 0 radical (unpaired) electrons. The number of carbonyl (C=O) groups is 1. The molecule has 0 amide bonds. The van der Waals surface area contributed by atoms with E-state index in [1.807, 2.05) is 0 Å². The summed E-state index contributed by atoms with van der Waals surface area (Å²) in [7, 11) is 1.13. The first-order valence-electron chi connectivity index (χ1n) is 4.84. The molecular weight excluding hydrogens is 250 g/mol. The number of nitro groups is 1. The van der Waals surface area contributed by atoms with Gasteiger partial charge in [0.05, 0.1) is 12.0 Å². The minimum absolute atomic E-state index is 0.395. The second-order valence-electron chi connectivity index (χ2n) is 3.43. The number of methoxy groups -OCH3 is 1. The minimum atomic E-state index is -1.32.